The quantitative estimate of drug-likeness (QED) is 0.489. The van der Waals surface area contributed by atoms with Gasteiger partial charge < -0.3 is 25.2 Å². The molecule has 3 unspecified atom stereocenters. The van der Waals surface area contributed by atoms with Gasteiger partial charge in [0.15, 0.2) is 6.29 Å². The molecule has 0 bridgehead atoms. The standard InChI is InChI=1S/C13H18O8S/c1-7-2-4-8(5-3-7)22(18,19)20-6-9-10(14)11(15)12(16)13(17)21-9/h2-5,9-17H,6H2,1H3/t9?,10?,11-,12?,13+/m0/s1. The second-order valence-corrected chi connectivity index (χ2v) is 6.70. The maximum Gasteiger partial charge on any atom is 0.297 e. The number of aryl methyl sites for hydroxylation is 1. The zero-order valence-corrected chi connectivity index (χ0v) is 12.5. The van der Waals surface area contributed by atoms with Crippen molar-refractivity contribution in [3.05, 3.63) is 29.8 Å². The minimum absolute atomic E-state index is 0.0652. The summed E-state index contributed by atoms with van der Waals surface area (Å²) in [4.78, 5) is -0.0652. The average molecular weight is 334 g/mol. The molecule has 4 N–H and O–H groups in total. The van der Waals surface area contributed by atoms with Crippen LogP contribution in [0.1, 0.15) is 5.56 Å². The monoisotopic (exact) mass is 334 g/mol. The fourth-order valence-electron chi connectivity index (χ4n) is 2.00. The van der Waals surface area contributed by atoms with E-state index in [1.807, 2.05) is 0 Å². The highest BCUT2D eigenvalue weighted by molar-refractivity contribution is 7.86. The van der Waals surface area contributed by atoms with Crippen LogP contribution in [-0.2, 0) is 19.0 Å². The van der Waals surface area contributed by atoms with Crippen LogP contribution in [0.3, 0.4) is 0 Å². The van der Waals surface area contributed by atoms with Gasteiger partial charge in [0.25, 0.3) is 10.1 Å². The Kier molecular flexibility index (Phi) is 5.17. The van der Waals surface area contributed by atoms with Crippen molar-refractivity contribution in [2.75, 3.05) is 6.61 Å². The molecule has 124 valence electrons. The highest BCUT2D eigenvalue weighted by atomic mass is 32.2. The van der Waals surface area contributed by atoms with Gasteiger partial charge in [-0.25, -0.2) is 0 Å². The molecule has 22 heavy (non-hydrogen) atoms. The molecule has 1 saturated heterocycles. The van der Waals surface area contributed by atoms with E-state index in [9.17, 15) is 28.8 Å². The molecule has 0 radical (unpaired) electrons. The van der Waals surface area contributed by atoms with Gasteiger partial charge in [-0.2, -0.15) is 8.42 Å². The first-order chi connectivity index (χ1) is 10.2. The largest absolute Gasteiger partial charge is 0.387 e. The van der Waals surface area contributed by atoms with E-state index >= 15 is 0 Å². The third kappa shape index (κ3) is 3.63. The molecule has 9 heteroatoms. The summed E-state index contributed by atoms with van der Waals surface area (Å²) < 4.78 is 33.6. The van der Waals surface area contributed by atoms with Gasteiger partial charge in [-0.05, 0) is 19.1 Å². The van der Waals surface area contributed by atoms with Crippen LogP contribution in [-0.4, -0.2) is 66.2 Å². The Bertz CT molecular complexity index is 599. The Morgan fingerprint density at radius 2 is 1.64 bits per heavy atom. The molecular formula is C13H18O8S. The highest BCUT2D eigenvalue weighted by Gasteiger charge is 2.43. The summed E-state index contributed by atoms with van der Waals surface area (Å²) in [6.45, 7) is 1.19. The average Bonchev–Trinajstić information content (AvgIpc) is 2.48. The van der Waals surface area contributed by atoms with Gasteiger partial charge in [0.05, 0.1) is 11.5 Å². The number of ether oxygens (including phenoxy) is 1. The Morgan fingerprint density at radius 1 is 1.05 bits per heavy atom. The molecule has 1 aliphatic heterocycles. The summed E-state index contributed by atoms with van der Waals surface area (Å²) in [6.07, 6.45) is -7.98. The molecule has 5 atom stereocenters. The summed E-state index contributed by atoms with van der Waals surface area (Å²) in [7, 11) is -4.07. The van der Waals surface area contributed by atoms with E-state index in [0.717, 1.165) is 5.56 Å². The number of rotatable bonds is 4. The number of aliphatic hydroxyl groups is 4. The first kappa shape index (κ1) is 17.3. The highest BCUT2D eigenvalue weighted by Crippen LogP contribution is 2.21. The van der Waals surface area contributed by atoms with Crippen molar-refractivity contribution in [2.24, 2.45) is 0 Å². The summed E-state index contributed by atoms with van der Waals surface area (Å²) in [5.41, 5.74) is 0.880. The summed E-state index contributed by atoms with van der Waals surface area (Å²) in [6, 6.07) is 5.95. The SMILES string of the molecule is Cc1ccc(S(=O)(=O)OCC2O[C@@H](O)C(O)[C@@H](O)C2O)cc1. The van der Waals surface area contributed by atoms with Crippen LogP contribution in [0.2, 0.25) is 0 Å². The van der Waals surface area contributed by atoms with Crippen LogP contribution in [0.15, 0.2) is 29.2 Å². The van der Waals surface area contributed by atoms with E-state index in [1.165, 1.54) is 12.1 Å². The number of aliphatic hydroxyl groups excluding tert-OH is 4. The normalized spacial score (nSPS) is 32.9. The van der Waals surface area contributed by atoms with Crippen molar-refractivity contribution >= 4 is 10.1 Å². The summed E-state index contributed by atoms with van der Waals surface area (Å²) >= 11 is 0. The lowest BCUT2D eigenvalue weighted by atomic mass is 10.00. The third-order valence-electron chi connectivity index (χ3n) is 3.38. The molecule has 8 nitrogen and oxygen atoms in total. The van der Waals surface area contributed by atoms with Crippen LogP contribution >= 0.6 is 0 Å². The molecule has 1 aromatic carbocycles. The van der Waals surface area contributed by atoms with Crippen molar-refractivity contribution in [2.45, 2.75) is 42.5 Å². The molecule has 0 spiro atoms. The van der Waals surface area contributed by atoms with Crippen LogP contribution in [0.25, 0.3) is 0 Å². The summed E-state index contributed by atoms with van der Waals surface area (Å²) in [5.74, 6) is 0. The molecule has 0 aromatic heterocycles. The van der Waals surface area contributed by atoms with E-state index in [4.69, 9.17) is 8.92 Å². The van der Waals surface area contributed by atoms with Gasteiger partial charge in [-0.15, -0.1) is 0 Å². The molecule has 0 amide bonds. The van der Waals surface area contributed by atoms with Crippen LogP contribution < -0.4 is 0 Å². The van der Waals surface area contributed by atoms with Gasteiger partial charge in [0.2, 0.25) is 0 Å². The second-order valence-electron chi connectivity index (χ2n) is 5.09. The van der Waals surface area contributed by atoms with Gasteiger partial charge in [0, 0.05) is 0 Å². The fourth-order valence-corrected chi connectivity index (χ4v) is 2.92. The number of hydrogen-bond acceptors (Lipinski definition) is 8. The lowest BCUT2D eigenvalue weighted by Gasteiger charge is -2.37. The van der Waals surface area contributed by atoms with Crippen LogP contribution in [0, 0.1) is 6.92 Å². The van der Waals surface area contributed by atoms with E-state index < -0.39 is 47.4 Å². The first-order valence-corrected chi connectivity index (χ1v) is 7.97. The van der Waals surface area contributed by atoms with Crippen molar-refractivity contribution in [1.29, 1.82) is 0 Å². The van der Waals surface area contributed by atoms with Gasteiger partial charge in [-0.3, -0.25) is 4.18 Å². The predicted molar refractivity (Wildman–Crippen MR) is 73.2 cm³/mol. The van der Waals surface area contributed by atoms with Crippen molar-refractivity contribution in [3.8, 4) is 0 Å². The Labute approximate surface area is 127 Å². The maximum atomic E-state index is 12.0. The van der Waals surface area contributed by atoms with Gasteiger partial charge in [-0.1, -0.05) is 17.7 Å². The molecule has 1 aromatic rings. The zero-order valence-electron chi connectivity index (χ0n) is 11.7. The third-order valence-corrected chi connectivity index (χ3v) is 4.68. The Hall–Kier alpha value is -1.07. The summed E-state index contributed by atoms with van der Waals surface area (Å²) in [5, 5.41) is 37.9. The Morgan fingerprint density at radius 3 is 2.23 bits per heavy atom. The first-order valence-electron chi connectivity index (χ1n) is 6.56. The molecule has 1 aliphatic rings. The maximum absolute atomic E-state index is 12.0. The molecule has 1 heterocycles. The van der Waals surface area contributed by atoms with E-state index in [0.29, 0.717) is 0 Å². The minimum Gasteiger partial charge on any atom is -0.387 e. The van der Waals surface area contributed by atoms with Crippen molar-refractivity contribution < 1.29 is 37.8 Å². The van der Waals surface area contributed by atoms with E-state index in [1.54, 1.807) is 19.1 Å². The van der Waals surface area contributed by atoms with E-state index in [-0.39, 0.29) is 4.90 Å². The lowest BCUT2D eigenvalue weighted by molar-refractivity contribution is -0.285. The molecule has 0 aliphatic carbocycles. The fraction of sp³-hybridized carbons (Fsp3) is 0.538. The second kappa shape index (κ2) is 6.59. The van der Waals surface area contributed by atoms with Crippen LogP contribution in [0.5, 0.6) is 0 Å². The topological polar surface area (TPSA) is 134 Å². The zero-order chi connectivity index (χ0) is 16.5. The molecule has 2 rings (SSSR count). The van der Waals surface area contributed by atoms with Crippen molar-refractivity contribution in [1.82, 2.24) is 0 Å². The molecular weight excluding hydrogens is 316 g/mol. The number of hydrogen-bond donors (Lipinski definition) is 4. The smallest absolute Gasteiger partial charge is 0.297 e. The van der Waals surface area contributed by atoms with Gasteiger partial charge >= 0.3 is 0 Å². The Balaban J connectivity index is 2.04. The van der Waals surface area contributed by atoms with Crippen molar-refractivity contribution in [3.63, 3.8) is 0 Å². The molecule has 0 saturated carbocycles. The number of benzene rings is 1. The predicted octanol–water partition coefficient (Wildman–Crippen LogP) is -1.50. The van der Waals surface area contributed by atoms with Gasteiger partial charge in [0.1, 0.15) is 24.4 Å². The molecule has 1 fully saturated rings. The van der Waals surface area contributed by atoms with E-state index in [2.05, 4.69) is 0 Å². The minimum atomic E-state index is -4.07. The lowest BCUT2D eigenvalue weighted by Crippen LogP contribution is -2.58. The van der Waals surface area contributed by atoms with Crippen LogP contribution in [0.4, 0.5) is 0 Å².